The molecule has 0 unspecified atom stereocenters. The van der Waals surface area contributed by atoms with E-state index in [9.17, 15) is 14.4 Å². The lowest BCUT2D eigenvalue weighted by molar-refractivity contribution is -0.141. The van der Waals surface area contributed by atoms with Crippen molar-refractivity contribution >= 4 is 29.1 Å². The largest absolute Gasteiger partial charge is 0.469 e. The highest BCUT2D eigenvalue weighted by Gasteiger charge is 2.23. The average Bonchev–Trinajstić information content (AvgIpc) is 3.24. The first kappa shape index (κ1) is 21.2. The summed E-state index contributed by atoms with van der Waals surface area (Å²) < 4.78 is 7.52. The molecular weight excluding hydrogens is 386 g/mol. The fraction of sp³-hybridized carbons (Fsp3) is 0.381. The summed E-state index contributed by atoms with van der Waals surface area (Å²) in [6.07, 6.45) is 0.0588. The molecule has 0 radical (unpaired) electrons. The van der Waals surface area contributed by atoms with Gasteiger partial charge in [-0.1, -0.05) is 20.8 Å². The van der Waals surface area contributed by atoms with Crippen molar-refractivity contribution in [3.63, 3.8) is 0 Å². The number of benzene rings is 1. The number of nitrogens with one attached hydrogen (secondary N) is 1. The van der Waals surface area contributed by atoms with Gasteiger partial charge in [-0.25, -0.2) is 4.57 Å². The van der Waals surface area contributed by atoms with Crippen LogP contribution in [0.5, 0.6) is 0 Å². The Labute approximate surface area is 174 Å². The fourth-order valence-corrected chi connectivity index (χ4v) is 2.94. The van der Waals surface area contributed by atoms with E-state index in [1.165, 1.54) is 23.2 Å². The highest BCUT2D eigenvalue weighted by molar-refractivity contribution is 5.93. The van der Waals surface area contributed by atoms with E-state index in [-0.39, 0.29) is 30.1 Å². The molecule has 0 bridgehead atoms. The fourth-order valence-electron chi connectivity index (χ4n) is 2.94. The summed E-state index contributed by atoms with van der Waals surface area (Å²) in [7, 11) is 1.28. The van der Waals surface area contributed by atoms with Gasteiger partial charge in [0.25, 0.3) is 0 Å². The molecule has 0 saturated heterocycles. The molecule has 0 aliphatic heterocycles. The molecule has 3 rings (SSSR count). The maximum atomic E-state index is 12.3. The summed E-state index contributed by atoms with van der Waals surface area (Å²) in [5, 5.41) is 11.7. The van der Waals surface area contributed by atoms with Crippen molar-refractivity contribution in [3.05, 3.63) is 36.0 Å². The van der Waals surface area contributed by atoms with Crippen LogP contribution in [-0.2, 0) is 19.7 Å². The van der Waals surface area contributed by atoms with Crippen LogP contribution in [0.1, 0.15) is 51.0 Å². The number of aromatic nitrogens is 4. The van der Waals surface area contributed by atoms with Gasteiger partial charge in [-0.3, -0.25) is 14.4 Å². The van der Waals surface area contributed by atoms with Crippen LogP contribution in [0.25, 0.3) is 17.0 Å². The SMILES string of the molecule is COC(=O)CCC(=O)Nc1ccc(-c2nn3nc(C(C)(C)C)cc3n2C(C)=O)cc1. The lowest BCUT2D eigenvalue weighted by Gasteiger charge is -2.13. The summed E-state index contributed by atoms with van der Waals surface area (Å²) in [6, 6.07) is 8.83. The second-order valence-corrected chi connectivity index (χ2v) is 8.01. The molecule has 158 valence electrons. The summed E-state index contributed by atoms with van der Waals surface area (Å²) >= 11 is 0. The summed E-state index contributed by atoms with van der Waals surface area (Å²) in [6.45, 7) is 7.62. The zero-order chi connectivity index (χ0) is 22.1. The molecule has 9 heteroatoms. The molecule has 3 aromatic rings. The Kier molecular flexibility index (Phi) is 5.73. The Morgan fingerprint density at radius 3 is 2.30 bits per heavy atom. The molecule has 0 aliphatic carbocycles. The lowest BCUT2D eigenvalue weighted by Crippen LogP contribution is -2.14. The highest BCUT2D eigenvalue weighted by Crippen LogP contribution is 2.26. The summed E-state index contributed by atoms with van der Waals surface area (Å²) in [5.74, 6) is -0.426. The number of hydrogen-bond donors (Lipinski definition) is 1. The molecule has 0 aliphatic rings. The van der Waals surface area contributed by atoms with Gasteiger partial charge in [-0.05, 0) is 24.3 Å². The molecule has 0 saturated carbocycles. The Balaban J connectivity index is 1.84. The predicted molar refractivity (Wildman–Crippen MR) is 111 cm³/mol. The smallest absolute Gasteiger partial charge is 0.306 e. The molecular formula is C21H25N5O4. The molecule has 0 spiro atoms. The number of esters is 1. The number of carbonyl (C=O) groups is 3. The van der Waals surface area contributed by atoms with E-state index >= 15 is 0 Å². The van der Waals surface area contributed by atoms with Crippen LogP contribution in [0.15, 0.2) is 30.3 Å². The van der Waals surface area contributed by atoms with Crippen LogP contribution in [0, 0.1) is 0 Å². The molecule has 2 aromatic heterocycles. The minimum atomic E-state index is -0.434. The van der Waals surface area contributed by atoms with Crippen LogP contribution in [0.2, 0.25) is 0 Å². The second-order valence-electron chi connectivity index (χ2n) is 8.01. The number of methoxy groups -OCH3 is 1. The zero-order valence-electron chi connectivity index (χ0n) is 17.7. The number of anilines is 1. The van der Waals surface area contributed by atoms with E-state index < -0.39 is 5.97 Å². The molecule has 0 atom stereocenters. The Hall–Kier alpha value is -3.49. The zero-order valence-corrected chi connectivity index (χ0v) is 17.7. The topological polar surface area (TPSA) is 108 Å². The van der Waals surface area contributed by atoms with Crippen molar-refractivity contribution in [1.29, 1.82) is 0 Å². The molecule has 1 aromatic carbocycles. The van der Waals surface area contributed by atoms with Crippen molar-refractivity contribution in [2.24, 2.45) is 0 Å². The number of carbonyl (C=O) groups excluding carboxylic acids is 3. The van der Waals surface area contributed by atoms with Crippen molar-refractivity contribution in [2.45, 2.75) is 46.0 Å². The monoisotopic (exact) mass is 411 g/mol. The number of rotatable bonds is 5. The third-order valence-corrected chi connectivity index (χ3v) is 4.60. The van der Waals surface area contributed by atoms with E-state index in [1.807, 2.05) is 26.8 Å². The van der Waals surface area contributed by atoms with Crippen molar-refractivity contribution in [2.75, 3.05) is 12.4 Å². The number of amides is 1. The molecule has 30 heavy (non-hydrogen) atoms. The van der Waals surface area contributed by atoms with Gasteiger partial charge in [0.2, 0.25) is 11.8 Å². The summed E-state index contributed by atoms with van der Waals surface area (Å²) in [4.78, 5) is 35.4. The Morgan fingerprint density at radius 2 is 1.73 bits per heavy atom. The minimum Gasteiger partial charge on any atom is -0.469 e. The van der Waals surface area contributed by atoms with Gasteiger partial charge < -0.3 is 10.1 Å². The van der Waals surface area contributed by atoms with Gasteiger partial charge in [0.1, 0.15) is 0 Å². The molecule has 1 N–H and O–H groups in total. The van der Waals surface area contributed by atoms with Crippen LogP contribution < -0.4 is 5.32 Å². The second kappa shape index (κ2) is 8.10. The van der Waals surface area contributed by atoms with Crippen LogP contribution >= 0.6 is 0 Å². The Morgan fingerprint density at radius 1 is 1.07 bits per heavy atom. The van der Waals surface area contributed by atoms with E-state index in [0.717, 1.165) is 5.69 Å². The van der Waals surface area contributed by atoms with Gasteiger partial charge >= 0.3 is 5.97 Å². The van der Waals surface area contributed by atoms with Gasteiger partial charge in [0.05, 0.1) is 19.2 Å². The van der Waals surface area contributed by atoms with E-state index in [0.29, 0.717) is 22.7 Å². The first-order chi connectivity index (χ1) is 14.1. The molecule has 9 nitrogen and oxygen atoms in total. The maximum absolute atomic E-state index is 12.3. The highest BCUT2D eigenvalue weighted by atomic mass is 16.5. The van der Waals surface area contributed by atoms with E-state index in [4.69, 9.17) is 0 Å². The standard InChI is InChI=1S/C21H25N5O4/c1-13(27)25-18-12-16(21(2,3)4)23-26(18)24-20(25)14-6-8-15(9-7-14)22-17(28)10-11-19(29)30-5/h6-9,12H,10-11H2,1-5H3,(H,22,28). The number of fused-ring (bicyclic) bond motifs is 1. The normalized spacial score (nSPS) is 11.5. The predicted octanol–water partition coefficient (Wildman–Crippen LogP) is 3.05. The average molecular weight is 411 g/mol. The minimum absolute atomic E-state index is 0.0206. The Bertz CT molecular complexity index is 1100. The van der Waals surface area contributed by atoms with Gasteiger partial charge in [0.15, 0.2) is 11.5 Å². The van der Waals surface area contributed by atoms with Crippen molar-refractivity contribution in [1.82, 2.24) is 19.4 Å². The first-order valence-electron chi connectivity index (χ1n) is 9.57. The van der Waals surface area contributed by atoms with E-state index in [1.54, 1.807) is 24.3 Å². The lowest BCUT2D eigenvalue weighted by atomic mass is 9.93. The number of nitrogens with zero attached hydrogens (tertiary/aromatic N) is 4. The summed E-state index contributed by atoms with van der Waals surface area (Å²) in [5.41, 5.74) is 2.57. The van der Waals surface area contributed by atoms with Gasteiger partial charge in [-0.15, -0.1) is 9.73 Å². The van der Waals surface area contributed by atoms with E-state index in [2.05, 4.69) is 20.3 Å². The van der Waals surface area contributed by atoms with Gasteiger partial charge in [0, 0.05) is 36.1 Å². The first-order valence-corrected chi connectivity index (χ1v) is 9.57. The third-order valence-electron chi connectivity index (χ3n) is 4.60. The maximum Gasteiger partial charge on any atom is 0.306 e. The van der Waals surface area contributed by atoms with Crippen molar-refractivity contribution in [3.8, 4) is 11.4 Å². The molecule has 2 heterocycles. The number of hydrogen-bond acceptors (Lipinski definition) is 6. The van der Waals surface area contributed by atoms with Crippen LogP contribution in [-0.4, -0.2) is 44.3 Å². The van der Waals surface area contributed by atoms with Crippen LogP contribution in [0.4, 0.5) is 5.69 Å². The van der Waals surface area contributed by atoms with Crippen molar-refractivity contribution < 1.29 is 19.1 Å². The van der Waals surface area contributed by atoms with Gasteiger partial charge in [-0.2, -0.15) is 5.10 Å². The molecule has 0 fully saturated rings. The third kappa shape index (κ3) is 4.40. The van der Waals surface area contributed by atoms with Crippen LogP contribution in [0.3, 0.4) is 0 Å². The molecule has 1 amide bonds. The quantitative estimate of drug-likeness (QED) is 0.647. The number of ether oxygens (including phenoxy) is 1.